The molecule has 0 aromatic carbocycles. The molecular weight excluding hydrogens is 104 g/mol. The molecule has 3 heteroatoms. The van der Waals surface area contributed by atoms with Crippen molar-refractivity contribution in [2.45, 2.75) is 0 Å². The zero-order valence-corrected chi connectivity index (χ0v) is 5.35. The molecule has 0 amide bonds. The number of rotatable bonds is 4. The van der Waals surface area contributed by atoms with Crippen LogP contribution in [0.1, 0.15) is 0 Å². The summed E-state index contributed by atoms with van der Waals surface area (Å²) < 4.78 is 4.77. The Morgan fingerprint density at radius 3 is 2.75 bits per heavy atom. The van der Waals surface area contributed by atoms with Gasteiger partial charge in [0.25, 0.3) is 0 Å². The van der Waals surface area contributed by atoms with Crippen LogP contribution in [0, 0.1) is 5.41 Å². The van der Waals surface area contributed by atoms with Gasteiger partial charge in [0.15, 0.2) is 0 Å². The molecule has 48 valence electrons. The highest BCUT2D eigenvalue weighted by molar-refractivity contribution is 5.49. The Balaban J connectivity index is 2.98. The standard InChI is InChI=1S/C5H12N2O/c1-7(5-6)3-4-8-2/h5-6H,3-4H2,1-2H3. The van der Waals surface area contributed by atoms with Crippen LogP contribution in [0.3, 0.4) is 0 Å². The van der Waals surface area contributed by atoms with Gasteiger partial charge in [-0.2, -0.15) is 0 Å². The van der Waals surface area contributed by atoms with E-state index in [1.165, 1.54) is 6.34 Å². The van der Waals surface area contributed by atoms with Crippen molar-refractivity contribution in [3.8, 4) is 0 Å². The number of ether oxygens (including phenoxy) is 1. The lowest BCUT2D eigenvalue weighted by Crippen LogP contribution is -2.20. The summed E-state index contributed by atoms with van der Waals surface area (Å²) in [6.45, 7) is 1.48. The van der Waals surface area contributed by atoms with Crippen molar-refractivity contribution in [2.75, 3.05) is 27.3 Å². The third-order valence-electron chi connectivity index (χ3n) is 0.869. The van der Waals surface area contributed by atoms with E-state index in [0.29, 0.717) is 6.61 Å². The van der Waals surface area contributed by atoms with Gasteiger partial charge in [0.2, 0.25) is 0 Å². The van der Waals surface area contributed by atoms with Crippen molar-refractivity contribution >= 4 is 6.34 Å². The molecule has 0 fully saturated rings. The molecule has 0 heterocycles. The summed E-state index contributed by atoms with van der Waals surface area (Å²) in [6.07, 6.45) is 1.28. The number of nitrogens with one attached hydrogen (secondary N) is 1. The van der Waals surface area contributed by atoms with E-state index >= 15 is 0 Å². The molecule has 0 saturated carbocycles. The van der Waals surface area contributed by atoms with Crippen LogP contribution in [-0.2, 0) is 4.74 Å². The summed E-state index contributed by atoms with van der Waals surface area (Å²) in [6, 6.07) is 0. The summed E-state index contributed by atoms with van der Waals surface area (Å²) >= 11 is 0. The molecule has 0 bridgehead atoms. The minimum absolute atomic E-state index is 0.686. The van der Waals surface area contributed by atoms with Crippen LogP contribution in [0.2, 0.25) is 0 Å². The fourth-order valence-corrected chi connectivity index (χ4v) is 0.300. The lowest BCUT2D eigenvalue weighted by Gasteiger charge is -2.09. The number of methoxy groups -OCH3 is 1. The SMILES string of the molecule is COCCN(C)C=N. The Labute approximate surface area is 49.8 Å². The van der Waals surface area contributed by atoms with Crippen LogP contribution in [0.25, 0.3) is 0 Å². The average molecular weight is 116 g/mol. The van der Waals surface area contributed by atoms with Gasteiger partial charge < -0.3 is 9.64 Å². The van der Waals surface area contributed by atoms with Crippen molar-refractivity contribution in [1.82, 2.24) is 4.90 Å². The number of nitrogens with zero attached hydrogens (tertiary/aromatic N) is 1. The van der Waals surface area contributed by atoms with Gasteiger partial charge in [0.1, 0.15) is 0 Å². The molecule has 0 rings (SSSR count). The lowest BCUT2D eigenvalue weighted by atomic mass is 10.6. The molecule has 0 saturated heterocycles. The molecule has 0 aliphatic rings. The van der Waals surface area contributed by atoms with E-state index in [9.17, 15) is 0 Å². The van der Waals surface area contributed by atoms with Gasteiger partial charge >= 0.3 is 0 Å². The normalized spacial score (nSPS) is 8.75. The van der Waals surface area contributed by atoms with Gasteiger partial charge in [-0.05, 0) is 0 Å². The van der Waals surface area contributed by atoms with Gasteiger partial charge in [-0.3, -0.25) is 5.41 Å². The Bertz CT molecular complexity index is 65.4. The zero-order chi connectivity index (χ0) is 6.41. The van der Waals surface area contributed by atoms with Crippen LogP contribution in [0.15, 0.2) is 0 Å². The van der Waals surface area contributed by atoms with E-state index in [-0.39, 0.29) is 0 Å². The highest BCUT2D eigenvalue weighted by atomic mass is 16.5. The van der Waals surface area contributed by atoms with Crippen LogP contribution >= 0.6 is 0 Å². The summed E-state index contributed by atoms with van der Waals surface area (Å²) in [5, 5.41) is 6.73. The topological polar surface area (TPSA) is 36.3 Å². The highest BCUT2D eigenvalue weighted by Gasteiger charge is 1.86. The third kappa shape index (κ3) is 3.61. The van der Waals surface area contributed by atoms with E-state index < -0.39 is 0 Å². The van der Waals surface area contributed by atoms with E-state index in [4.69, 9.17) is 10.1 Å². The van der Waals surface area contributed by atoms with Gasteiger partial charge in [-0.15, -0.1) is 0 Å². The molecule has 8 heavy (non-hydrogen) atoms. The second-order valence-corrected chi connectivity index (χ2v) is 1.60. The fraction of sp³-hybridized carbons (Fsp3) is 0.800. The van der Waals surface area contributed by atoms with Crippen molar-refractivity contribution < 1.29 is 4.74 Å². The van der Waals surface area contributed by atoms with Gasteiger partial charge in [-0.1, -0.05) is 0 Å². The Morgan fingerprint density at radius 2 is 2.38 bits per heavy atom. The van der Waals surface area contributed by atoms with Crippen LogP contribution < -0.4 is 0 Å². The van der Waals surface area contributed by atoms with Crippen molar-refractivity contribution in [3.05, 3.63) is 0 Å². The average Bonchev–Trinajstić information content (AvgIpc) is 1.83. The first kappa shape index (κ1) is 7.43. The number of hydrogen-bond acceptors (Lipinski definition) is 2. The van der Waals surface area contributed by atoms with Crippen LogP contribution in [0.4, 0.5) is 0 Å². The molecule has 3 nitrogen and oxygen atoms in total. The van der Waals surface area contributed by atoms with Gasteiger partial charge in [0.05, 0.1) is 12.9 Å². The first-order valence-corrected chi connectivity index (χ1v) is 2.51. The van der Waals surface area contributed by atoms with Crippen LogP contribution in [0.5, 0.6) is 0 Å². The van der Waals surface area contributed by atoms with Crippen molar-refractivity contribution in [3.63, 3.8) is 0 Å². The first-order chi connectivity index (χ1) is 3.81. The maximum Gasteiger partial charge on any atom is 0.0815 e. The molecule has 1 N–H and O–H groups in total. The smallest absolute Gasteiger partial charge is 0.0815 e. The van der Waals surface area contributed by atoms with Gasteiger partial charge in [0, 0.05) is 20.7 Å². The summed E-state index contributed by atoms with van der Waals surface area (Å²) in [5.41, 5.74) is 0. The van der Waals surface area contributed by atoms with Crippen molar-refractivity contribution in [1.29, 1.82) is 5.41 Å². The first-order valence-electron chi connectivity index (χ1n) is 2.51. The molecule has 0 radical (unpaired) electrons. The Hall–Kier alpha value is -0.570. The molecule has 0 aliphatic carbocycles. The number of likely N-dealkylation sites (N-methyl/N-ethyl adjacent to an activating group) is 1. The molecule has 0 spiro atoms. The maximum absolute atomic E-state index is 6.73. The fourth-order valence-electron chi connectivity index (χ4n) is 0.300. The molecule has 0 unspecified atom stereocenters. The quantitative estimate of drug-likeness (QED) is 0.420. The molecular formula is C5H12N2O. The van der Waals surface area contributed by atoms with Gasteiger partial charge in [-0.25, -0.2) is 0 Å². The molecule has 0 aromatic heterocycles. The maximum atomic E-state index is 6.73. The number of hydrogen-bond donors (Lipinski definition) is 1. The second-order valence-electron chi connectivity index (χ2n) is 1.60. The largest absolute Gasteiger partial charge is 0.383 e. The zero-order valence-electron chi connectivity index (χ0n) is 5.35. The summed E-state index contributed by atoms with van der Waals surface area (Å²) in [7, 11) is 3.49. The molecule has 0 aromatic rings. The predicted octanol–water partition coefficient (Wildman–Crippen LogP) is 0.172. The Kier molecular flexibility index (Phi) is 4.26. The van der Waals surface area contributed by atoms with E-state index in [2.05, 4.69) is 0 Å². The van der Waals surface area contributed by atoms with E-state index in [1.807, 2.05) is 7.05 Å². The summed E-state index contributed by atoms with van der Waals surface area (Å²) in [4.78, 5) is 1.75. The second kappa shape index (κ2) is 4.59. The van der Waals surface area contributed by atoms with Crippen LogP contribution in [-0.4, -0.2) is 38.5 Å². The minimum atomic E-state index is 0.686. The highest BCUT2D eigenvalue weighted by Crippen LogP contribution is 1.73. The Morgan fingerprint density at radius 1 is 1.75 bits per heavy atom. The minimum Gasteiger partial charge on any atom is -0.383 e. The molecule has 0 aliphatic heterocycles. The third-order valence-corrected chi connectivity index (χ3v) is 0.869. The van der Waals surface area contributed by atoms with Crippen molar-refractivity contribution in [2.24, 2.45) is 0 Å². The monoisotopic (exact) mass is 116 g/mol. The lowest BCUT2D eigenvalue weighted by molar-refractivity contribution is 0.184. The van der Waals surface area contributed by atoms with E-state index in [0.717, 1.165) is 6.54 Å². The molecule has 0 atom stereocenters. The van der Waals surface area contributed by atoms with E-state index in [1.54, 1.807) is 12.0 Å². The summed E-state index contributed by atoms with van der Waals surface area (Å²) in [5.74, 6) is 0. The predicted molar refractivity (Wildman–Crippen MR) is 33.3 cm³/mol.